The van der Waals surface area contributed by atoms with Crippen molar-refractivity contribution in [2.45, 2.75) is 30.7 Å². The van der Waals surface area contributed by atoms with Gasteiger partial charge in [0.1, 0.15) is 0 Å². The van der Waals surface area contributed by atoms with E-state index >= 15 is 0 Å². The van der Waals surface area contributed by atoms with Gasteiger partial charge in [0.05, 0.1) is 4.90 Å². The second-order valence-corrected chi connectivity index (χ2v) is 6.36. The van der Waals surface area contributed by atoms with Gasteiger partial charge >= 0.3 is 6.03 Å². The largest absolute Gasteiger partial charge is 0.335 e. The van der Waals surface area contributed by atoms with E-state index in [1.54, 1.807) is 0 Å². The van der Waals surface area contributed by atoms with Gasteiger partial charge < -0.3 is 10.6 Å². The number of sulfonamides is 1. The number of nitrogens with one attached hydrogen (secondary N) is 2. The van der Waals surface area contributed by atoms with E-state index < -0.39 is 10.0 Å². The summed E-state index contributed by atoms with van der Waals surface area (Å²) in [7, 11) is -3.70. The fourth-order valence-electron chi connectivity index (χ4n) is 1.82. The molecule has 0 saturated heterocycles. The Kier molecular flexibility index (Phi) is 3.77. The maximum absolute atomic E-state index is 11.7. The van der Waals surface area contributed by atoms with Crippen LogP contribution in [0.25, 0.3) is 0 Å². The predicted octanol–water partition coefficient (Wildman–Crippen LogP) is 1.25. The van der Waals surface area contributed by atoms with Crippen LogP contribution in [0.2, 0.25) is 0 Å². The molecule has 19 heavy (non-hydrogen) atoms. The van der Waals surface area contributed by atoms with E-state index in [2.05, 4.69) is 10.6 Å². The number of hydrogen-bond donors (Lipinski definition) is 3. The number of benzene rings is 1. The highest BCUT2D eigenvalue weighted by molar-refractivity contribution is 7.89. The Morgan fingerprint density at radius 3 is 2.37 bits per heavy atom. The molecule has 0 radical (unpaired) electrons. The lowest BCUT2D eigenvalue weighted by Crippen LogP contribution is -2.37. The minimum Gasteiger partial charge on any atom is -0.335 e. The number of urea groups is 1. The van der Waals surface area contributed by atoms with Gasteiger partial charge in [0.2, 0.25) is 10.0 Å². The van der Waals surface area contributed by atoms with Gasteiger partial charge in [-0.1, -0.05) is 0 Å². The molecule has 1 saturated carbocycles. The van der Waals surface area contributed by atoms with Crippen LogP contribution in [0, 0.1) is 5.92 Å². The van der Waals surface area contributed by atoms with Crippen molar-refractivity contribution in [3.8, 4) is 0 Å². The molecule has 7 heteroatoms. The first-order valence-electron chi connectivity index (χ1n) is 6.06. The van der Waals surface area contributed by atoms with Crippen LogP contribution < -0.4 is 15.8 Å². The van der Waals surface area contributed by atoms with Crippen LogP contribution in [-0.2, 0) is 10.0 Å². The van der Waals surface area contributed by atoms with Crippen LogP contribution in [-0.4, -0.2) is 20.5 Å². The lowest BCUT2D eigenvalue weighted by molar-refractivity contribution is 0.248. The minimum atomic E-state index is -3.70. The third-order valence-electron chi connectivity index (χ3n) is 3.13. The van der Waals surface area contributed by atoms with E-state index in [1.165, 1.54) is 24.3 Å². The maximum atomic E-state index is 11.7. The number of hydrogen-bond acceptors (Lipinski definition) is 3. The van der Waals surface area contributed by atoms with Gasteiger partial charge in [-0.3, -0.25) is 0 Å². The fourth-order valence-corrected chi connectivity index (χ4v) is 2.33. The van der Waals surface area contributed by atoms with Crippen molar-refractivity contribution in [3.05, 3.63) is 24.3 Å². The van der Waals surface area contributed by atoms with Crippen molar-refractivity contribution in [2.24, 2.45) is 11.1 Å². The molecule has 0 aromatic heterocycles. The fraction of sp³-hybridized carbons (Fsp3) is 0.417. The Balaban J connectivity index is 1.93. The first-order valence-corrected chi connectivity index (χ1v) is 7.61. The summed E-state index contributed by atoms with van der Waals surface area (Å²) in [6.07, 6.45) is 2.31. The van der Waals surface area contributed by atoms with Gasteiger partial charge in [-0.05, 0) is 49.9 Å². The molecule has 104 valence electrons. The minimum absolute atomic E-state index is 0.0183. The molecule has 1 fully saturated rings. The number of primary sulfonamides is 1. The highest BCUT2D eigenvalue weighted by atomic mass is 32.2. The number of amides is 2. The Labute approximate surface area is 112 Å². The maximum Gasteiger partial charge on any atom is 0.319 e. The highest BCUT2D eigenvalue weighted by Crippen LogP contribution is 2.32. The Morgan fingerprint density at radius 2 is 1.89 bits per heavy atom. The summed E-state index contributed by atoms with van der Waals surface area (Å²) < 4.78 is 22.1. The molecule has 2 rings (SSSR count). The van der Waals surface area contributed by atoms with Gasteiger partial charge in [-0.15, -0.1) is 0 Å². The van der Waals surface area contributed by atoms with Gasteiger partial charge in [-0.25, -0.2) is 18.4 Å². The topological polar surface area (TPSA) is 101 Å². The summed E-state index contributed by atoms with van der Waals surface area (Å²) in [5, 5.41) is 10.5. The van der Waals surface area contributed by atoms with E-state index in [0.717, 1.165) is 12.8 Å². The van der Waals surface area contributed by atoms with E-state index in [1.807, 2.05) is 6.92 Å². The summed E-state index contributed by atoms with van der Waals surface area (Å²) in [5.41, 5.74) is 0.521. The third-order valence-corrected chi connectivity index (χ3v) is 4.06. The summed E-state index contributed by atoms with van der Waals surface area (Å²) in [4.78, 5) is 11.7. The van der Waals surface area contributed by atoms with Crippen molar-refractivity contribution in [1.29, 1.82) is 0 Å². The third kappa shape index (κ3) is 3.93. The monoisotopic (exact) mass is 283 g/mol. The molecule has 6 nitrogen and oxygen atoms in total. The van der Waals surface area contributed by atoms with Crippen molar-refractivity contribution in [3.63, 3.8) is 0 Å². The predicted molar refractivity (Wildman–Crippen MR) is 72.2 cm³/mol. The van der Waals surface area contributed by atoms with E-state index in [9.17, 15) is 13.2 Å². The van der Waals surface area contributed by atoms with Gasteiger partial charge in [0, 0.05) is 11.7 Å². The molecule has 4 N–H and O–H groups in total. The second-order valence-electron chi connectivity index (χ2n) is 4.79. The summed E-state index contributed by atoms with van der Waals surface area (Å²) in [5.74, 6) is 0.579. The molecule has 0 aliphatic heterocycles. The molecular weight excluding hydrogens is 266 g/mol. The molecule has 1 aromatic carbocycles. The van der Waals surface area contributed by atoms with Crippen molar-refractivity contribution in [2.75, 3.05) is 5.32 Å². The van der Waals surface area contributed by atoms with Crippen molar-refractivity contribution < 1.29 is 13.2 Å². The molecule has 1 unspecified atom stereocenters. The summed E-state index contributed by atoms with van der Waals surface area (Å²) >= 11 is 0. The molecule has 1 atom stereocenters. The van der Waals surface area contributed by atoms with Gasteiger partial charge in [-0.2, -0.15) is 0 Å². The second kappa shape index (κ2) is 5.18. The van der Waals surface area contributed by atoms with Crippen LogP contribution in [0.15, 0.2) is 29.2 Å². The molecule has 0 heterocycles. The van der Waals surface area contributed by atoms with Crippen LogP contribution in [0.1, 0.15) is 19.8 Å². The SMILES string of the molecule is CC(NC(=O)Nc1ccc(S(N)(=O)=O)cc1)C1CC1. The number of anilines is 1. The first kappa shape index (κ1) is 13.8. The Hall–Kier alpha value is -1.60. The quantitative estimate of drug-likeness (QED) is 0.775. The zero-order chi connectivity index (χ0) is 14.0. The average Bonchev–Trinajstić information content (AvgIpc) is 3.11. The van der Waals surface area contributed by atoms with Crippen molar-refractivity contribution in [1.82, 2.24) is 5.32 Å². The van der Waals surface area contributed by atoms with Gasteiger partial charge in [0.25, 0.3) is 0 Å². The molecule has 1 aliphatic rings. The summed E-state index contributed by atoms with van der Waals surface area (Å²) in [6.45, 7) is 1.97. The zero-order valence-electron chi connectivity index (χ0n) is 10.6. The highest BCUT2D eigenvalue weighted by Gasteiger charge is 2.28. The lowest BCUT2D eigenvalue weighted by atomic mass is 10.2. The van der Waals surface area contributed by atoms with Crippen LogP contribution in [0.4, 0.5) is 10.5 Å². The number of carbonyl (C=O) groups excluding carboxylic acids is 1. The van der Waals surface area contributed by atoms with E-state index in [-0.39, 0.29) is 17.0 Å². The Bertz CT molecular complexity index is 564. The van der Waals surface area contributed by atoms with Crippen LogP contribution in [0.5, 0.6) is 0 Å². The molecular formula is C12H17N3O3S. The van der Waals surface area contributed by atoms with Crippen LogP contribution in [0.3, 0.4) is 0 Å². The lowest BCUT2D eigenvalue weighted by Gasteiger charge is -2.13. The van der Waals surface area contributed by atoms with E-state index in [4.69, 9.17) is 5.14 Å². The van der Waals surface area contributed by atoms with Crippen molar-refractivity contribution >= 4 is 21.7 Å². The van der Waals surface area contributed by atoms with E-state index in [0.29, 0.717) is 11.6 Å². The molecule has 0 spiro atoms. The smallest absolute Gasteiger partial charge is 0.319 e. The van der Waals surface area contributed by atoms with Gasteiger partial charge in [0.15, 0.2) is 0 Å². The average molecular weight is 283 g/mol. The zero-order valence-corrected chi connectivity index (χ0v) is 11.4. The first-order chi connectivity index (χ1) is 8.86. The molecule has 1 aliphatic carbocycles. The standard InChI is InChI=1S/C12H17N3O3S/c1-8(9-2-3-9)14-12(16)15-10-4-6-11(7-5-10)19(13,17)18/h4-9H,2-3H2,1H3,(H2,13,17,18)(H2,14,15,16). The number of carbonyl (C=O) groups is 1. The number of nitrogens with two attached hydrogens (primary N) is 1. The number of rotatable bonds is 4. The molecule has 1 aromatic rings. The Morgan fingerprint density at radius 1 is 1.32 bits per heavy atom. The molecule has 2 amide bonds. The van der Waals surface area contributed by atoms with Crippen LogP contribution >= 0.6 is 0 Å². The normalized spacial score (nSPS) is 16.7. The molecule has 0 bridgehead atoms. The summed E-state index contributed by atoms with van der Waals surface area (Å²) in [6, 6.07) is 5.58.